The van der Waals surface area contributed by atoms with Crippen molar-refractivity contribution < 1.29 is 9.59 Å². The number of rotatable bonds is 6. The molecule has 0 aliphatic heterocycles. The summed E-state index contributed by atoms with van der Waals surface area (Å²) in [6.07, 6.45) is 3.42. The Labute approximate surface area is 113 Å². The van der Waals surface area contributed by atoms with Crippen LogP contribution in [0.4, 0.5) is 0 Å². The van der Waals surface area contributed by atoms with Gasteiger partial charge in [-0.1, -0.05) is 12.1 Å². The molecule has 1 aromatic rings. The lowest BCUT2D eigenvalue weighted by atomic mass is 10.0. The van der Waals surface area contributed by atoms with Crippen molar-refractivity contribution >= 4 is 11.7 Å². The molecule has 0 saturated carbocycles. The van der Waals surface area contributed by atoms with Crippen molar-refractivity contribution in [1.82, 2.24) is 10.6 Å². The topological polar surface area (TPSA) is 58.2 Å². The molecule has 2 rings (SSSR count). The first-order valence-corrected chi connectivity index (χ1v) is 6.77. The van der Waals surface area contributed by atoms with Gasteiger partial charge in [-0.15, -0.1) is 0 Å². The standard InChI is InChI=1S/C15H20N2O2/c1-11(18)17-8-7-16-10-15(19)14-6-5-12-3-2-4-13(12)9-14/h5-6,9,16H,2-4,7-8,10H2,1H3,(H,17,18). The van der Waals surface area contributed by atoms with E-state index in [1.165, 1.54) is 24.5 Å². The minimum absolute atomic E-state index is 0.0493. The minimum Gasteiger partial charge on any atom is -0.355 e. The third-order valence-electron chi connectivity index (χ3n) is 3.38. The maximum Gasteiger partial charge on any atom is 0.216 e. The van der Waals surface area contributed by atoms with E-state index >= 15 is 0 Å². The Morgan fingerprint density at radius 1 is 1.16 bits per heavy atom. The number of carbonyl (C=O) groups excluding carboxylic acids is 2. The first-order chi connectivity index (χ1) is 9.16. The molecule has 0 aromatic heterocycles. The van der Waals surface area contributed by atoms with Gasteiger partial charge >= 0.3 is 0 Å². The molecule has 0 atom stereocenters. The fraction of sp³-hybridized carbons (Fsp3) is 0.467. The van der Waals surface area contributed by atoms with Crippen LogP contribution in [0.1, 0.15) is 34.8 Å². The quantitative estimate of drug-likeness (QED) is 0.594. The number of nitrogens with one attached hydrogen (secondary N) is 2. The van der Waals surface area contributed by atoms with Gasteiger partial charge in [0.25, 0.3) is 0 Å². The van der Waals surface area contributed by atoms with E-state index in [0.29, 0.717) is 19.6 Å². The van der Waals surface area contributed by atoms with Gasteiger partial charge in [0.15, 0.2) is 5.78 Å². The van der Waals surface area contributed by atoms with Crippen LogP contribution in [0.2, 0.25) is 0 Å². The van der Waals surface area contributed by atoms with Crippen LogP contribution in [0.15, 0.2) is 18.2 Å². The molecule has 0 radical (unpaired) electrons. The monoisotopic (exact) mass is 260 g/mol. The van der Waals surface area contributed by atoms with E-state index in [-0.39, 0.29) is 11.7 Å². The Bertz CT molecular complexity index is 483. The highest BCUT2D eigenvalue weighted by Gasteiger charge is 2.13. The van der Waals surface area contributed by atoms with Gasteiger partial charge in [0, 0.05) is 25.6 Å². The van der Waals surface area contributed by atoms with Crippen LogP contribution in [0.3, 0.4) is 0 Å². The van der Waals surface area contributed by atoms with Crippen LogP contribution < -0.4 is 10.6 Å². The van der Waals surface area contributed by atoms with Gasteiger partial charge in [-0.25, -0.2) is 0 Å². The van der Waals surface area contributed by atoms with Gasteiger partial charge in [0.05, 0.1) is 6.54 Å². The lowest BCUT2D eigenvalue weighted by molar-refractivity contribution is -0.118. The number of benzene rings is 1. The van der Waals surface area contributed by atoms with Crippen LogP contribution in [-0.4, -0.2) is 31.3 Å². The number of carbonyl (C=O) groups is 2. The highest BCUT2D eigenvalue weighted by atomic mass is 16.1. The molecule has 102 valence electrons. The number of ketones is 1. The van der Waals surface area contributed by atoms with Crippen LogP contribution in [-0.2, 0) is 17.6 Å². The van der Waals surface area contributed by atoms with Gasteiger partial charge < -0.3 is 10.6 Å². The summed E-state index contributed by atoms with van der Waals surface area (Å²) in [5.41, 5.74) is 3.49. The van der Waals surface area contributed by atoms with Crippen molar-refractivity contribution in [3.05, 3.63) is 34.9 Å². The van der Waals surface area contributed by atoms with Gasteiger partial charge in [-0.3, -0.25) is 9.59 Å². The third kappa shape index (κ3) is 3.89. The first-order valence-electron chi connectivity index (χ1n) is 6.77. The molecule has 2 N–H and O–H groups in total. The van der Waals surface area contributed by atoms with Gasteiger partial charge in [-0.2, -0.15) is 0 Å². The summed E-state index contributed by atoms with van der Waals surface area (Å²) >= 11 is 0. The zero-order valence-electron chi connectivity index (χ0n) is 11.3. The molecule has 1 aliphatic rings. The van der Waals surface area contributed by atoms with E-state index in [1.807, 2.05) is 12.1 Å². The van der Waals surface area contributed by atoms with Gasteiger partial charge in [-0.05, 0) is 36.5 Å². The van der Waals surface area contributed by atoms with E-state index < -0.39 is 0 Å². The predicted octanol–water partition coefficient (Wildman–Crippen LogP) is 1.08. The van der Waals surface area contributed by atoms with Crippen LogP contribution in [0.25, 0.3) is 0 Å². The molecular formula is C15H20N2O2. The molecular weight excluding hydrogens is 240 g/mol. The predicted molar refractivity (Wildman–Crippen MR) is 74.4 cm³/mol. The summed E-state index contributed by atoms with van der Waals surface area (Å²) in [6, 6.07) is 6.02. The van der Waals surface area contributed by atoms with E-state index in [9.17, 15) is 9.59 Å². The second-order valence-corrected chi connectivity index (χ2v) is 4.92. The molecule has 0 fully saturated rings. The number of amides is 1. The molecule has 0 unspecified atom stereocenters. The summed E-state index contributed by atoms with van der Waals surface area (Å²) < 4.78 is 0. The maximum atomic E-state index is 12.0. The summed E-state index contributed by atoms with van der Waals surface area (Å²) in [4.78, 5) is 22.7. The molecule has 0 saturated heterocycles. The summed E-state index contributed by atoms with van der Waals surface area (Å²) in [5.74, 6) is 0.0595. The highest BCUT2D eigenvalue weighted by molar-refractivity contribution is 5.97. The zero-order chi connectivity index (χ0) is 13.7. The summed E-state index contributed by atoms with van der Waals surface area (Å²) in [5, 5.41) is 5.72. The normalized spacial score (nSPS) is 13.1. The summed E-state index contributed by atoms with van der Waals surface area (Å²) in [7, 11) is 0. The molecule has 1 aromatic carbocycles. The number of aryl methyl sites for hydroxylation is 2. The molecule has 0 spiro atoms. The van der Waals surface area contributed by atoms with Crippen molar-refractivity contribution in [1.29, 1.82) is 0 Å². The molecule has 0 bridgehead atoms. The van der Waals surface area contributed by atoms with Gasteiger partial charge in [0.2, 0.25) is 5.91 Å². The Morgan fingerprint density at radius 3 is 2.74 bits per heavy atom. The average Bonchev–Trinajstić information content (AvgIpc) is 2.84. The average molecular weight is 260 g/mol. The van der Waals surface area contributed by atoms with Crippen LogP contribution in [0.5, 0.6) is 0 Å². The Hall–Kier alpha value is -1.68. The number of fused-ring (bicyclic) bond motifs is 1. The van der Waals surface area contributed by atoms with E-state index in [1.54, 1.807) is 0 Å². The fourth-order valence-electron chi connectivity index (χ4n) is 2.38. The lowest BCUT2D eigenvalue weighted by Gasteiger charge is -2.06. The number of hydrogen-bond donors (Lipinski definition) is 2. The number of hydrogen-bond acceptors (Lipinski definition) is 3. The molecule has 1 amide bonds. The van der Waals surface area contributed by atoms with Gasteiger partial charge in [0.1, 0.15) is 0 Å². The van der Waals surface area contributed by atoms with Crippen LogP contribution in [0, 0.1) is 0 Å². The van der Waals surface area contributed by atoms with E-state index in [0.717, 1.165) is 18.4 Å². The zero-order valence-corrected chi connectivity index (χ0v) is 11.3. The largest absolute Gasteiger partial charge is 0.355 e. The van der Waals surface area contributed by atoms with Crippen molar-refractivity contribution in [3.8, 4) is 0 Å². The molecule has 4 heteroatoms. The van der Waals surface area contributed by atoms with E-state index in [2.05, 4.69) is 16.7 Å². The Morgan fingerprint density at radius 2 is 1.95 bits per heavy atom. The minimum atomic E-state index is -0.0493. The van der Waals surface area contributed by atoms with Crippen molar-refractivity contribution in [2.45, 2.75) is 26.2 Å². The molecule has 1 aliphatic carbocycles. The van der Waals surface area contributed by atoms with Crippen molar-refractivity contribution in [2.75, 3.05) is 19.6 Å². The smallest absolute Gasteiger partial charge is 0.216 e. The lowest BCUT2D eigenvalue weighted by Crippen LogP contribution is -2.32. The maximum absolute atomic E-state index is 12.0. The van der Waals surface area contributed by atoms with Crippen molar-refractivity contribution in [3.63, 3.8) is 0 Å². The molecule has 4 nitrogen and oxygen atoms in total. The number of Topliss-reactive ketones (excluding diaryl/α,β-unsaturated/α-hetero) is 1. The molecule has 0 heterocycles. The highest BCUT2D eigenvalue weighted by Crippen LogP contribution is 2.22. The Kier molecular flexibility index (Phi) is 4.68. The second kappa shape index (κ2) is 6.48. The Balaban J connectivity index is 1.78. The fourth-order valence-corrected chi connectivity index (χ4v) is 2.38. The molecule has 19 heavy (non-hydrogen) atoms. The van der Waals surface area contributed by atoms with Crippen molar-refractivity contribution in [2.24, 2.45) is 0 Å². The third-order valence-corrected chi connectivity index (χ3v) is 3.38. The summed E-state index contributed by atoms with van der Waals surface area (Å²) in [6.45, 7) is 2.96. The van der Waals surface area contributed by atoms with E-state index in [4.69, 9.17) is 0 Å². The SMILES string of the molecule is CC(=O)NCCNCC(=O)c1ccc2c(c1)CCC2. The second-order valence-electron chi connectivity index (χ2n) is 4.92. The first kappa shape index (κ1) is 13.7. The van der Waals surface area contributed by atoms with Crippen LogP contribution >= 0.6 is 0 Å².